The van der Waals surface area contributed by atoms with Crippen molar-refractivity contribution in [1.82, 2.24) is 5.32 Å². The van der Waals surface area contributed by atoms with Crippen molar-refractivity contribution >= 4 is 5.84 Å². The summed E-state index contributed by atoms with van der Waals surface area (Å²) in [6.07, 6.45) is 2.75. The zero-order valence-corrected chi connectivity index (χ0v) is 10.9. The Morgan fingerprint density at radius 2 is 2.05 bits per heavy atom. The Kier molecular flexibility index (Phi) is 4.39. The summed E-state index contributed by atoms with van der Waals surface area (Å²) < 4.78 is 0. The molecule has 0 bridgehead atoms. The lowest BCUT2D eigenvalue weighted by molar-refractivity contribution is 0.236. The molecule has 2 rings (SSSR count). The number of hydrogen-bond donors (Lipinski definition) is 4. The average molecular weight is 263 g/mol. The first kappa shape index (κ1) is 13.8. The van der Waals surface area contributed by atoms with Crippen LogP contribution >= 0.6 is 0 Å². The second kappa shape index (κ2) is 6.04. The third-order valence-corrected chi connectivity index (χ3v) is 3.75. The first-order valence-corrected chi connectivity index (χ1v) is 6.55. The van der Waals surface area contributed by atoms with Crippen LogP contribution in [-0.4, -0.2) is 29.3 Å². The molecule has 0 saturated heterocycles. The smallest absolute Gasteiger partial charge is 0.139 e. The summed E-state index contributed by atoms with van der Waals surface area (Å²) in [7, 11) is 0. The first-order valence-electron chi connectivity index (χ1n) is 6.55. The second-order valence-corrected chi connectivity index (χ2v) is 5.29. The van der Waals surface area contributed by atoms with Gasteiger partial charge in [-0.05, 0) is 23.8 Å². The topological polar surface area (TPSA) is 90.9 Å². The summed E-state index contributed by atoms with van der Waals surface area (Å²) in [4.78, 5) is 0. The fourth-order valence-corrected chi connectivity index (χ4v) is 2.33. The van der Waals surface area contributed by atoms with Crippen molar-refractivity contribution in [3.05, 3.63) is 35.9 Å². The molecule has 5 heteroatoms. The summed E-state index contributed by atoms with van der Waals surface area (Å²) in [5, 5.41) is 24.5. The van der Waals surface area contributed by atoms with Gasteiger partial charge in [-0.25, -0.2) is 0 Å². The van der Waals surface area contributed by atoms with Crippen LogP contribution in [0.1, 0.15) is 30.9 Å². The number of nitrogens with two attached hydrogens (primary N) is 1. The zero-order chi connectivity index (χ0) is 13.7. The molecule has 1 aliphatic rings. The van der Waals surface area contributed by atoms with Crippen LogP contribution in [0.3, 0.4) is 0 Å². The normalized spacial score (nSPS) is 19.1. The molecule has 5 nitrogen and oxygen atoms in total. The maximum Gasteiger partial charge on any atom is 0.139 e. The van der Waals surface area contributed by atoms with Gasteiger partial charge < -0.3 is 21.4 Å². The number of hydrogen-bond acceptors (Lipinski definition) is 4. The molecule has 0 heterocycles. The molecular weight excluding hydrogens is 242 g/mol. The van der Waals surface area contributed by atoms with E-state index in [2.05, 4.69) is 10.5 Å². The van der Waals surface area contributed by atoms with Gasteiger partial charge >= 0.3 is 0 Å². The summed E-state index contributed by atoms with van der Waals surface area (Å²) in [5.74, 6) is 0.277. The fraction of sp³-hybridized carbons (Fsp3) is 0.500. The maximum absolute atomic E-state index is 9.47. The lowest BCUT2D eigenvalue weighted by Crippen LogP contribution is -2.32. The number of benzene rings is 1. The number of aliphatic hydroxyl groups excluding tert-OH is 1. The molecule has 5 N–H and O–H groups in total. The van der Waals surface area contributed by atoms with E-state index < -0.39 is 0 Å². The molecule has 1 aliphatic carbocycles. The average Bonchev–Trinajstić information content (AvgIpc) is 3.20. The van der Waals surface area contributed by atoms with Crippen molar-refractivity contribution in [3.8, 4) is 0 Å². The maximum atomic E-state index is 9.47. The number of oxime groups is 1. The van der Waals surface area contributed by atoms with Gasteiger partial charge in [0, 0.05) is 13.0 Å². The van der Waals surface area contributed by atoms with Crippen LogP contribution in [0.4, 0.5) is 0 Å². The summed E-state index contributed by atoms with van der Waals surface area (Å²) in [6, 6.07) is 9.81. The molecule has 1 aromatic carbocycles. The van der Waals surface area contributed by atoms with Gasteiger partial charge in [0.1, 0.15) is 5.84 Å². The summed E-state index contributed by atoms with van der Waals surface area (Å²) in [6.45, 7) is 0.826. The standard InChI is InChI=1S/C14H21N3O2/c15-13(17-19)8-14(6-7-14)10-16-12(9-18)11-4-2-1-3-5-11/h1-5,12,16,18-19H,6-10H2,(H2,15,17). The third-order valence-electron chi connectivity index (χ3n) is 3.75. The van der Waals surface area contributed by atoms with E-state index in [1.54, 1.807) is 0 Å². The van der Waals surface area contributed by atoms with Gasteiger partial charge in [0.2, 0.25) is 0 Å². The van der Waals surface area contributed by atoms with Gasteiger partial charge in [0.15, 0.2) is 0 Å². The number of nitrogens with one attached hydrogen (secondary N) is 1. The van der Waals surface area contributed by atoms with E-state index in [4.69, 9.17) is 10.9 Å². The molecule has 0 aliphatic heterocycles. The lowest BCUT2D eigenvalue weighted by Gasteiger charge is -2.21. The Bertz CT molecular complexity index is 430. The van der Waals surface area contributed by atoms with Gasteiger partial charge in [-0.2, -0.15) is 0 Å². The molecule has 0 aromatic heterocycles. The molecule has 104 valence electrons. The summed E-state index contributed by atoms with van der Waals surface area (Å²) >= 11 is 0. The Balaban J connectivity index is 1.90. The van der Waals surface area contributed by atoms with Crippen molar-refractivity contribution in [1.29, 1.82) is 0 Å². The molecule has 0 amide bonds. The molecule has 1 saturated carbocycles. The van der Waals surface area contributed by atoms with Gasteiger partial charge in [-0.1, -0.05) is 35.5 Å². The van der Waals surface area contributed by atoms with Crippen LogP contribution in [0.5, 0.6) is 0 Å². The minimum Gasteiger partial charge on any atom is -0.409 e. The van der Waals surface area contributed by atoms with E-state index in [-0.39, 0.29) is 23.9 Å². The van der Waals surface area contributed by atoms with Gasteiger partial charge in [0.05, 0.1) is 12.6 Å². The molecular formula is C14H21N3O2. The highest BCUT2D eigenvalue weighted by Crippen LogP contribution is 2.48. The van der Waals surface area contributed by atoms with Crippen LogP contribution in [0.2, 0.25) is 0 Å². The fourth-order valence-electron chi connectivity index (χ4n) is 2.33. The van der Waals surface area contributed by atoms with Crippen molar-refractivity contribution in [3.63, 3.8) is 0 Å². The van der Waals surface area contributed by atoms with E-state index in [1.165, 1.54) is 0 Å². The van der Waals surface area contributed by atoms with E-state index in [0.717, 1.165) is 24.9 Å². The van der Waals surface area contributed by atoms with E-state index in [0.29, 0.717) is 6.42 Å². The van der Waals surface area contributed by atoms with Crippen LogP contribution in [0.15, 0.2) is 35.5 Å². The predicted octanol–water partition coefficient (Wildman–Crippen LogP) is 1.23. The third kappa shape index (κ3) is 3.68. The number of rotatable bonds is 7. The SMILES string of the molecule is NC(CC1(CNC(CO)c2ccccc2)CC1)=NO. The van der Waals surface area contributed by atoms with Crippen LogP contribution < -0.4 is 11.1 Å². The number of nitrogens with zero attached hydrogens (tertiary/aromatic N) is 1. The van der Waals surface area contributed by atoms with E-state index >= 15 is 0 Å². The lowest BCUT2D eigenvalue weighted by atomic mass is 10.0. The van der Waals surface area contributed by atoms with E-state index in [1.807, 2.05) is 30.3 Å². The molecule has 0 radical (unpaired) electrons. The van der Waals surface area contributed by atoms with E-state index in [9.17, 15) is 5.11 Å². The summed E-state index contributed by atoms with van der Waals surface area (Å²) in [5.41, 5.74) is 6.74. The van der Waals surface area contributed by atoms with Gasteiger partial charge in [-0.3, -0.25) is 0 Å². The Morgan fingerprint density at radius 3 is 2.58 bits per heavy atom. The largest absolute Gasteiger partial charge is 0.409 e. The highest BCUT2D eigenvalue weighted by atomic mass is 16.4. The number of amidine groups is 1. The van der Waals surface area contributed by atoms with Crippen molar-refractivity contribution < 1.29 is 10.3 Å². The Hall–Kier alpha value is -1.59. The molecule has 1 unspecified atom stereocenters. The molecule has 1 atom stereocenters. The van der Waals surface area contributed by atoms with Gasteiger partial charge in [0.25, 0.3) is 0 Å². The first-order chi connectivity index (χ1) is 9.19. The minimum atomic E-state index is -0.0639. The van der Waals surface area contributed by atoms with Crippen LogP contribution in [0, 0.1) is 5.41 Å². The second-order valence-electron chi connectivity index (χ2n) is 5.29. The Morgan fingerprint density at radius 1 is 1.37 bits per heavy atom. The van der Waals surface area contributed by atoms with Crippen molar-refractivity contribution in [2.24, 2.45) is 16.3 Å². The molecule has 0 spiro atoms. The molecule has 1 fully saturated rings. The molecule has 1 aromatic rings. The van der Waals surface area contributed by atoms with Crippen LogP contribution in [0.25, 0.3) is 0 Å². The monoisotopic (exact) mass is 263 g/mol. The Labute approximate surface area is 113 Å². The number of aliphatic hydroxyl groups is 1. The quantitative estimate of drug-likeness (QED) is 0.258. The molecule has 19 heavy (non-hydrogen) atoms. The predicted molar refractivity (Wildman–Crippen MR) is 74.0 cm³/mol. The van der Waals surface area contributed by atoms with Crippen molar-refractivity contribution in [2.45, 2.75) is 25.3 Å². The van der Waals surface area contributed by atoms with Crippen molar-refractivity contribution in [2.75, 3.05) is 13.2 Å². The zero-order valence-electron chi connectivity index (χ0n) is 10.9. The highest BCUT2D eigenvalue weighted by Gasteiger charge is 2.43. The van der Waals surface area contributed by atoms with Crippen LogP contribution in [-0.2, 0) is 0 Å². The minimum absolute atomic E-state index is 0.0592. The highest BCUT2D eigenvalue weighted by molar-refractivity contribution is 5.80. The van der Waals surface area contributed by atoms with Gasteiger partial charge in [-0.15, -0.1) is 0 Å².